The van der Waals surface area contributed by atoms with Crippen molar-refractivity contribution < 1.29 is 9.53 Å². The van der Waals surface area contributed by atoms with E-state index in [-0.39, 0.29) is 12.2 Å². The third-order valence-electron chi connectivity index (χ3n) is 4.19. The van der Waals surface area contributed by atoms with Crippen molar-refractivity contribution in [1.29, 1.82) is 0 Å². The van der Waals surface area contributed by atoms with Crippen LogP contribution in [0.25, 0.3) is 21.3 Å². The molecule has 0 atom stereocenters. The first kappa shape index (κ1) is 17.4. The van der Waals surface area contributed by atoms with Gasteiger partial charge in [-0.05, 0) is 33.3 Å². The summed E-state index contributed by atoms with van der Waals surface area (Å²) in [4.78, 5) is 30.9. The molecule has 0 unspecified atom stereocenters. The maximum Gasteiger partial charge on any atom is 0.331 e. The van der Waals surface area contributed by atoms with E-state index in [1.165, 1.54) is 15.9 Å². The van der Waals surface area contributed by atoms with Gasteiger partial charge in [-0.2, -0.15) is 0 Å². The first-order valence-corrected chi connectivity index (χ1v) is 9.00. The van der Waals surface area contributed by atoms with E-state index >= 15 is 0 Å². The lowest BCUT2D eigenvalue weighted by Crippen LogP contribution is -2.45. The van der Waals surface area contributed by atoms with Crippen LogP contribution in [-0.4, -0.2) is 22.1 Å². The molecule has 5 nitrogen and oxygen atoms in total. The number of thiophene rings is 1. The lowest BCUT2D eigenvalue weighted by Gasteiger charge is -2.26. The Morgan fingerprint density at radius 3 is 2.60 bits per heavy atom. The van der Waals surface area contributed by atoms with Gasteiger partial charge in [0.1, 0.15) is 16.2 Å². The fraction of sp³-hybridized carbons (Fsp3) is 0.316. The van der Waals surface area contributed by atoms with E-state index in [4.69, 9.17) is 4.74 Å². The highest BCUT2D eigenvalue weighted by Crippen LogP contribution is 2.31. The van der Waals surface area contributed by atoms with Crippen LogP contribution in [0.2, 0.25) is 0 Å². The van der Waals surface area contributed by atoms with Crippen molar-refractivity contribution in [2.24, 2.45) is 0 Å². The van der Waals surface area contributed by atoms with Gasteiger partial charge < -0.3 is 4.74 Å². The van der Waals surface area contributed by atoms with Gasteiger partial charge in [-0.15, -0.1) is 11.3 Å². The highest BCUT2D eigenvalue weighted by Gasteiger charge is 2.35. The number of benzene rings is 1. The van der Waals surface area contributed by atoms with Gasteiger partial charge in [0.25, 0.3) is 5.56 Å². The summed E-state index contributed by atoms with van der Waals surface area (Å²) in [6, 6.07) is 9.72. The first-order chi connectivity index (χ1) is 11.9. The van der Waals surface area contributed by atoms with Crippen molar-refractivity contribution in [2.75, 3.05) is 6.61 Å². The second-order valence-electron chi connectivity index (χ2n) is 6.27. The molecule has 0 bridgehead atoms. The number of esters is 1. The molecule has 0 aliphatic carbocycles. The van der Waals surface area contributed by atoms with Crippen molar-refractivity contribution >= 4 is 27.5 Å². The standard InChI is InChI=1S/C19H20N2O3S/c1-5-24-18(23)19(3,4)21-12(2)20-16-15(17(21)22)14(11-25-16)13-9-7-6-8-10-13/h6-11H,5H2,1-4H3. The summed E-state index contributed by atoms with van der Waals surface area (Å²) in [5, 5.41) is 2.48. The summed E-state index contributed by atoms with van der Waals surface area (Å²) < 4.78 is 6.59. The Balaban J connectivity index is 2.29. The molecular weight excluding hydrogens is 336 g/mol. The van der Waals surface area contributed by atoms with Crippen molar-refractivity contribution in [2.45, 2.75) is 33.2 Å². The molecule has 1 aromatic carbocycles. The fourth-order valence-electron chi connectivity index (χ4n) is 2.98. The average Bonchev–Trinajstić information content (AvgIpc) is 2.99. The van der Waals surface area contributed by atoms with Gasteiger partial charge >= 0.3 is 5.97 Å². The molecule has 2 heterocycles. The lowest BCUT2D eigenvalue weighted by atomic mass is 10.0. The zero-order valence-corrected chi connectivity index (χ0v) is 15.5. The molecule has 25 heavy (non-hydrogen) atoms. The van der Waals surface area contributed by atoms with Crippen LogP contribution in [0.1, 0.15) is 26.6 Å². The molecule has 0 aliphatic rings. The molecule has 3 rings (SSSR count). The minimum absolute atomic E-state index is 0.222. The van der Waals surface area contributed by atoms with Gasteiger partial charge in [0, 0.05) is 10.9 Å². The minimum atomic E-state index is -1.13. The zero-order valence-electron chi connectivity index (χ0n) is 14.7. The average molecular weight is 356 g/mol. The number of hydrogen-bond acceptors (Lipinski definition) is 5. The Labute approximate surface area is 149 Å². The Bertz CT molecular complexity index is 987. The lowest BCUT2D eigenvalue weighted by molar-refractivity contribution is -0.152. The number of fused-ring (bicyclic) bond motifs is 1. The SMILES string of the molecule is CCOC(=O)C(C)(C)n1c(C)nc2scc(-c3ccccc3)c2c1=O. The van der Waals surface area contributed by atoms with Crippen LogP contribution in [0.3, 0.4) is 0 Å². The zero-order chi connectivity index (χ0) is 18.2. The Morgan fingerprint density at radius 2 is 1.96 bits per heavy atom. The number of rotatable bonds is 4. The van der Waals surface area contributed by atoms with Gasteiger partial charge in [0.05, 0.1) is 12.0 Å². The smallest absolute Gasteiger partial charge is 0.331 e. The molecule has 0 saturated heterocycles. The predicted molar refractivity (Wildman–Crippen MR) is 100 cm³/mol. The Kier molecular flexibility index (Phi) is 4.47. The topological polar surface area (TPSA) is 61.2 Å². The monoisotopic (exact) mass is 356 g/mol. The molecule has 0 saturated carbocycles. The molecule has 2 aromatic heterocycles. The van der Waals surface area contributed by atoms with Crippen molar-refractivity contribution in [3.05, 3.63) is 51.9 Å². The molecule has 6 heteroatoms. The van der Waals surface area contributed by atoms with E-state index in [2.05, 4.69) is 4.98 Å². The van der Waals surface area contributed by atoms with Crippen LogP contribution in [0, 0.1) is 6.92 Å². The molecule has 0 amide bonds. The summed E-state index contributed by atoms with van der Waals surface area (Å²) in [5.74, 6) is 0.0508. The number of aromatic nitrogens is 2. The summed E-state index contributed by atoms with van der Waals surface area (Å²) >= 11 is 1.43. The number of nitrogens with zero attached hydrogens (tertiary/aromatic N) is 2. The molecule has 0 fully saturated rings. The number of hydrogen-bond donors (Lipinski definition) is 0. The summed E-state index contributed by atoms with van der Waals surface area (Å²) in [7, 11) is 0. The molecule has 0 radical (unpaired) electrons. The quantitative estimate of drug-likeness (QED) is 0.668. The van der Waals surface area contributed by atoms with Gasteiger partial charge in [-0.1, -0.05) is 30.3 Å². The summed E-state index contributed by atoms with van der Waals surface area (Å²) in [5.41, 5.74) is 0.443. The largest absolute Gasteiger partial charge is 0.464 e. The maximum atomic E-state index is 13.3. The van der Waals surface area contributed by atoms with E-state index < -0.39 is 11.5 Å². The summed E-state index contributed by atoms with van der Waals surface area (Å²) in [6.07, 6.45) is 0. The number of carbonyl (C=O) groups excluding carboxylic acids is 1. The van der Waals surface area contributed by atoms with E-state index in [1.54, 1.807) is 27.7 Å². The minimum Gasteiger partial charge on any atom is -0.464 e. The number of carbonyl (C=O) groups is 1. The van der Waals surface area contributed by atoms with Crippen LogP contribution >= 0.6 is 11.3 Å². The number of ether oxygens (including phenoxy) is 1. The highest BCUT2D eigenvalue weighted by atomic mass is 32.1. The Hall–Kier alpha value is -2.47. The van der Waals surface area contributed by atoms with Crippen molar-refractivity contribution in [3.8, 4) is 11.1 Å². The maximum absolute atomic E-state index is 13.3. The second kappa shape index (κ2) is 6.44. The third-order valence-corrected chi connectivity index (χ3v) is 5.07. The molecule has 3 aromatic rings. The normalized spacial score (nSPS) is 11.7. The van der Waals surface area contributed by atoms with E-state index in [0.29, 0.717) is 16.0 Å². The van der Waals surface area contributed by atoms with Gasteiger partial charge in [0.2, 0.25) is 0 Å². The molecule has 0 spiro atoms. The number of aryl methyl sites for hydroxylation is 1. The Morgan fingerprint density at radius 1 is 1.28 bits per heavy atom. The third kappa shape index (κ3) is 2.87. The first-order valence-electron chi connectivity index (χ1n) is 8.12. The van der Waals surface area contributed by atoms with E-state index in [0.717, 1.165) is 11.1 Å². The van der Waals surface area contributed by atoms with Crippen LogP contribution in [-0.2, 0) is 15.1 Å². The molecule has 0 aliphatic heterocycles. The molecular formula is C19H20N2O3S. The van der Waals surface area contributed by atoms with Crippen LogP contribution in [0.5, 0.6) is 0 Å². The van der Waals surface area contributed by atoms with Crippen molar-refractivity contribution in [1.82, 2.24) is 9.55 Å². The van der Waals surface area contributed by atoms with Crippen LogP contribution in [0.15, 0.2) is 40.5 Å². The van der Waals surface area contributed by atoms with Gasteiger partial charge in [-0.3, -0.25) is 9.36 Å². The van der Waals surface area contributed by atoms with Crippen LogP contribution in [0.4, 0.5) is 0 Å². The van der Waals surface area contributed by atoms with Gasteiger partial charge in [-0.25, -0.2) is 9.78 Å². The highest BCUT2D eigenvalue weighted by molar-refractivity contribution is 7.17. The summed E-state index contributed by atoms with van der Waals surface area (Å²) in [6.45, 7) is 7.11. The van der Waals surface area contributed by atoms with Gasteiger partial charge in [0.15, 0.2) is 0 Å². The molecule has 130 valence electrons. The fourth-order valence-corrected chi connectivity index (χ4v) is 3.96. The second-order valence-corrected chi connectivity index (χ2v) is 7.13. The van der Waals surface area contributed by atoms with Crippen LogP contribution < -0.4 is 5.56 Å². The predicted octanol–water partition coefficient (Wildman–Crippen LogP) is 3.73. The van der Waals surface area contributed by atoms with Crippen molar-refractivity contribution in [3.63, 3.8) is 0 Å². The van der Waals surface area contributed by atoms with E-state index in [9.17, 15) is 9.59 Å². The molecule has 0 N–H and O–H groups in total. The van der Waals surface area contributed by atoms with E-state index in [1.807, 2.05) is 35.7 Å².